The van der Waals surface area contributed by atoms with Crippen LogP contribution in [0.1, 0.15) is 56.0 Å². The molecule has 5 nitrogen and oxygen atoms in total. The highest BCUT2D eigenvalue weighted by Crippen LogP contribution is 2.19. The molecule has 1 aliphatic rings. The van der Waals surface area contributed by atoms with Crippen LogP contribution >= 0.6 is 0 Å². The van der Waals surface area contributed by atoms with Gasteiger partial charge in [0.2, 0.25) is 0 Å². The maximum atomic E-state index is 12.5. The van der Waals surface area contributed by atoms with Crippen molar-refractivity contribution in [2.75, 3.05) is 29.4 Å². The van der Waals surface area contributed by atoms with E-state index < -0.39 is 0 Å². The number of nitrogens with zero attached hydrogens (tertiary/aromatic N) is 3. The molecule has 28 heavy (non-hydrogen) atoms. The molecule has 2 heterocycles. The minimum atomic E-state index is -0.0459. The van der Waals surface area contributed by atoms with E-state index in [9.17, 15) is 4.79 Å². The van der Waals surface area contributed by atoms with Crippen LogP contribution in [0.2, 0.25) is 0 Å². The van der Waals surface area contributed by atoms with Gasteiger partial charge < -0.3 is 15.1 Å². The third kappa shape index (κ3) is 5.03. The highest BCUT2D eigenvalue weighted by Gasteiger charge is 2.13. The van der Waals surface area contributed by atoms with Crippen LogP contribution in [0.15, 0.2) is 42.6 Å². The van der Waals surface area contributed by atoms with Gasteiger partial charge in [0.25, 0.3) is 5.91 Å². The number of carbonyl (C=O) groups excluding carboxylic acids is 1. The summed E-state index contributed by atoms with van der Waals surface area (Å²) < 4.78 is 0. The first-order valence-corrected chi connectivity index (χ1v) is 10.4. The Kier molecular flexibility index (Phi) is 6.90. The van der Waals surface area contributed by atoms with Crippen LogP contribution in [0.5, 0.6) is 0 Å². The van der Waals surface area contributed by atoms with Gasteiger partial charge in [-0.1, -0.05) is 0 Å². The van der Waals surface area contributed by atoms with Crippen molar-refractivity contribution in [3.63, 3.8) is 0 Å². The molecule has 3 rings (SSSR count). The second-order valence-corrected chi connectivity index (χ2v) is 7.68. The van der Waals surface area contributed by atoms with E-state index in [0.29, 0.717) is 18.2 Å². The predicted octanol–water partition coefficient (Wildman–Crippen LogP) is 4.24. The van der Waals surface area contributed by atoms with Crippen molar-refractivity contribution in [1.82, 2.24) is 10.3 Å². The van der Waals surface area contributed by atoms with E-state index in [1.54, 1.807) is 0 Å². The Labute approximate surface area is 168 Å². The zero-order valence-corrected chi connectivity index (χ0v) is 17.3. The number of nitrogens with one attached hydrogen (secondary N) is 1. The zero-order chi connectivity index (χ0) is 19.9. The lowest BCUT2D eigenvalue weighted by atomic mass is 10.1. The van der Waals surface area contributed by atoms with Gasteiger partial charge in [-0.15, -0.1) is 0 Å². The minimum absolute atomic E-state index is 0.0459. The molecular formula is C23H32N4O. The number of pyridine rings is 1. The Morgan fingerprint density at radius 2 is 1.86 bits per heavy atom. The van der Waals surface area contributed by atoms with Crippen molar-refractivity contribution in [2.24, 2.45) is 0 Å². The van der Waals surface area contributed by atoms with Gasteiger partial charge in [0.1, 0.15) is 5.82 Å². The second-order valence-electron chi connectivity index (χ2n) is 7.68. The Morgan fingerprint density at radius 1 is 1.14 bits per heavy atom. The SMILES string of the molecule is CCN(c1ccc(C(=O)NCc2ccnc(N3CCCCC3)c2)cc1)C(C)C. The molecule has 1 N–H and O–H groups in total. The van der Waals surface area contributed by atoms with Crippen LogP contribution in [0.3, 0.4) is 0 Å². The summed E-state index contributed by atoms with van der Waals surface area (Å²) in [7, 11) is 0. The van der Waals surface area contributed by atoms with Crippen LogP contribution in [-0.4, -0.2) is 36.6 Å². The Bertz CT molecular complexity index is 766. The van der Waals surface area contributed by atoms with Crippen molar-refractivity contribution < 1.29 is 4.79 Å². The molecule has 1 amide bonds. The van der Waals surface area contributed by atoms with Gasteiger partial charge in [0.05, 0.1) is 0 Å². The number of piperidine rings is 1. The number of carbonyl (C=O) groups is 1. The number of hydrogen-bond acceptors (Lipinski definition) is 4. The van der Waals surface area contributed by atoms with Crippen molar-refractivity contribution in [3.8, 4) is 0 Å². The quantitative estimate of drug-likeness (QED) is 0.781. The number of rotatable bonds is 7. The van der Waals surface area contributed by atoms with Crippen LogP contribution in [0.25, 0.3) is 0 Å². The van der Waals surface area contributed by atoms with Gasteiger partial charge in [0, 0.05) is 49.7 Å². The smallest absolute Gasteiger partial charge is 0.251 e. The topological polar surface area (TPSA) is 48.5 Å². The standard InChI is InChI=1S/C23H32N4O/c1-4-27(18(2)3)21-10-8-20(9-11-21)23(28)25-17-19-12-13-24-22(16-19)26-14-6-5-7-15-26/h8-13,16,18H,4-7,14-15,17H2,1-3H3,(H,25,28). The monoisotopic (exact) mass is 380 g/mol. The van der Waals surface area contributed by atoms with E-state index in [1.165, 1.54) is 19.3 Å². The molecule has 0 unspecified atom stereocenters. The fourth-order valence-electron chi connectivity index (χ4n) is 3.80. The summed E-state index contributed by atoms with van der Waals surface area (Å²) in [5, 5.41) is 3.03. The number of aromatic nitrogens is 1. The molecule has 0 atom stereocenters. The van der Waals surface area contributed by atoms with Crippen molar-refractivity contribution >= 4 is 17.4 Å². The average molecular weight is 381 g/mol. The van der Waals surface area contributed by atoms with Gasteiger partial charge in [0.15, 0.2) is 0 Å². The van der Waals surface area contributed by atoms with Gasteiger partial charge in [-0.25, -0.2) is 4.98 Å². The number of benzene rings is 1. The summed E-state index contributed by atoms with van der Waals surface area (Å²) in [5.41, 5.74) is 2.92. The molecule has 2 aromatic rings. The van der Waals surface area contributed by atoms with Crippen LogP contribution in [-0.2, 0) is 6.54 Å². The fourth-order valence-corrected chi connectivity index (χ4v) is 3.80. The highest BCUT2D eigenvalue weighted by molar-refractivity contribution is 5.94. The first-order chi connectivity index (χ1) is 13.6. The molecule has 1 aromatic heterocycles. The number of amides is 1. The van der Waals surface area contributed by atoms with Crippen LogP contribution in [0.4, 0.5) is 11.5 Å². The lowest BCUT2D eigenvalue weighted by molar-refractivity contribution is 0.0951. The highest BCUT2D eigenvalue weighted by atomic mass is 16.1. The van der Waals surface area contributed by atoms with Crippen LogP contribution in [0, 0.1) is 0 Å². The lowest BCUT2D eigenvalue weighted by Crippen LogP contribution is -2.30. The van der Waals surface area contributed by atoms with E-state index in [-0.39, 0.29) is 5.91 Å². The average Bonchev–Trinajstić information content (AvgIpc) is 2.73. The first-order valence-electron chi connectivity index (χ1n) is 10.4. The molecule has 0 bridgehead atoms. The second kappa shape index (κ2) is 9.58. The van der Waals surface area contributed by atoms with Crippen molar-refractivity contribution in [1.29, 1.82) is 0 Å². The van der Waals surface area contributed by atoms with E-state index >= 15 is 0 Å². The molecule has 150 valence electrons. The molecule has 0 radical (unpaired) electrons. The van der Waals surface area contributed by atoms with Gasteiger partial charge in [-0.2, -0.15) is 0 Å². The summed E-state index contributed by atoms with van der Waals surface area (Å²) in [6, 6.07) is 12.4. The van der Waals surface area contributed by atoms with E-state index in [0.717, 1.165) is 36.7 Å². The maximum Gasteiger partial charge on any atom is 0.251 e. The third-order valence-corrected chi connectivity index (χ3v) is 5.37. The normalized spacial score (nSPS) is 14.2. The summed E-state index contributed by atoms with van der Waals surface area (Å²) in [4.78, 5) is 21.7. The predicted molar refractivity (Wildman–Crippen MR) is 116 cm³/mol. The number of anilines is 2. The van der Waals surface area contributed by atoms with Crippen LogP contribution < -0.4 is 15.1 Å². The Balaban J connectivity index is 1.59. The minimum Gasteiger partial charge on any atom is -0.369 e. The molecule has 1 saturated heterocycles. The fraction of sp³-hybridized carbons (Fsp3) is 0.478. The summed E-state index contributed by atoms with van der Waals surface area (Å²) in [6.07, 6.45) is 5.60. The molecule has 0 spiro atoms. The summed E-state index contributed by atoms with van der Waals surface area (Å²) >= 11 is 0. The van der Waals surface area contributed by atoms with Crippen molar-refractivity contribution in [3.05, 3.63) is 53.7 Å². The summed E-state index contributed by atoms with van der Waals surface area (Å²) in [6.45, 7) is 10.1. The van der Waals surface area contributed by atoms with Gasteiger partial charge >= 0.3 is 0 Å². The van der Waals surface area contributed by atoms with Gasteiger partial charge in [-0.3, -0.25) is 4.79 Å². The molecule has 1 fully saturated rings. The molecule has 0 aliphatic carbocycles. The third-order valence-electron chi connectivity index (χ3n) is 5.37. The first kappa shape index (κ1) is 20.2. The molecule has 0 saturated carbocycles. The van der Waals surface area contributed by atoms with E-state index in [4.69, 9.17) is 0 Å². The largest absolute Gasteiger partial charge is 0.369 e. The lowest BCUT2D eigenvalue weighted by Gasteiger charge is -2.28. The zero-order valence-electron chi connectivity index (χ0n) is 17.3. The molecular weight excluding hydrogens is 348 g/mol. The molecule has 5 heteroatoms. The van der Waals surface area contributed by atoms with E-state index in [2.05, 4.69) is 46.9 Å². The Morgan fingerprint density at radius 3 is 2.50 bits per heavy atom. The van der Waals surface area contributed by atoms with Gasteiger partial charge in [-0.05, 0) is 82.0 Å². The number of hydrogen-bond donors (Lipinski definition) is 1. The van der Waals surface area contributed by atoms with E-state index in [1.807, 2.05) is 36.5 Å². The maximum absolute atomic E-state index is 12.5. The molecule has 1 aromatic carbocycles. The summed E-state index contributed by atoms with van der Waals surface area (Å²) in [5.74, 6) is 0.972. The van der Waals surface area contributed by atoms with Crippen molar-refractivity contribution in [2.45, 2.75) is 52.6 Å². The Hall–Kier alpha value is -2.56. The molecule has 1 aliphatic heterocycles.